The fourth-order valence-electron chi connectivity index (χ4n) is 4.66. The minimum atomic E-state index is 0.307. The highest BCUT2D eigenvalue weighted by molar-refractivity contribution is 6.41. The molecular weight excluding hydrogens is 239 g/mol. The highest BCUT2D eigenvalue weighted by atomic mass is 14.6. The van der Waals surface area contributed by atoms with Gasteiger partial charge < -0.3 is 0 Å². The maximum atomic E-state index is 3.91. The number of fused-ring (bicyclic) bond motifs is 1. The lowest BCUT2D eigenvalue weighted by Gasteiger charge is -2.59. The number of allylic oxidation sites excluding steroid dienone is 3. The van der Waals surface area contributed by atoms with Crippen LogP contribution in [0.1, 0.15) is 66.7 Å². The molecule has 3 aliphatic rings. The first-order valence-electron chi connectivity index (χ1n) is 8.52. The first kappa shape index (κ1) is 15.9. The Morgan fingerprint density at radius 3 is 2.65 bits per heavy atom. The Hall–Kier alpha value is -0.455. The summed E-state index contributed by atoms with van der Waals surface area (Å²) in [6.45, 7) is 16.1. The van der Waals surface area contributed by atoms with E-state index in [1.54, 1.807) is 11.1 Å². The summed E-state index contributed by atoms with van der Waals surface area (Å²) in [6.07, 6.45) is 9.80. The summed E-state index contributed by atoms with van der Waals surface area (Å²) in [5.74, 6) is 1.76. The Morgan fingerprint density at radius 1 is 1.45 bits per heavy atom. The zero-order valence-corrected chi connectivity index (χ0v) is 14.3. The van der Waals surface area contributed by atoms with Crippen molar-refractivity contribution in [1.29, 1.82) is 0 Å². The summed E-state index contributed by atoms with van der Waals surface area (Å²) in [5.41, 5.74) is 4.04. The molecule has 1 unspecified atom stereocenters. The molecule has 1 radical (unpaired) electrons. The Bertz CT molecular complexity index is 404. The molecule has 1 saturated carbocycles. The molecule has 0 N–H and O–H groups in total. The van der Waals surface area contributed by atoms with E-state index in [2.05, 4.69) is 48.5 Å². The van der Waals surface area contributed by atoms with E-state index in [9.17, 15) is 0 Å². The van der Waals surface area contributed by atoms with Gasteiger partial charge in [-0.2, -0.15) is 0 Å². The minimum absolute atomic E-state index is 0.307. The van der Waals surface area contributed by atoms with Crippen molar-refractivity contribution in [2.45, 2.75) is 78.4 Å². The Balaban J connectivity index is 2.25. The number of unbranched alkanes of at least 4 members (excludes halogenated alkanes) is 1. The Labute approximate surface area is 127 Å². The average molecular weight is 271 g/mol. The average Bonchev–Trinajstić information content (AvgIpc) is 2.42. The second-order valence-electron chi connectivity index (χ2n) is 7.92. The fourth-order valence-corrected chi connectivity index (χ4v) is 4.66. The Morgan fingerprint density at radius 2 is 2.15 bits per heavy atom. The van der Waals surface area contributed by atoms with Crippen LogP contribution in [0.4, 0.5) is 0 Å². The normalized spacial score (nSPS) is 30.4. The highest BCUT2D eigenvalue weighted by Gasteiger charge is 2.53. The van der Waals surface area contributed by atoms with Crippen molar-refractivity contribution in [2.75, 3.05) is 0 Å². The van der Waals surface area contributed by atoms with E-state index in [0.29, 0.717) is 10.7 Å². The van der Waals surface area contributed by atoms with E-state index in [4.69, 9.17) is 0 Å². The molecule has 3 atom stereocenters. The van der Waals surface area contributed by atoms with Crippen molar-refractivity contribution in [3.8, 4) is 0 Å². The van der Waals surface area contributed by atoms with Gasteiger partial charge in [0, 0.05) is 0 Å². The van der Waals surface area contributed by atoms with Gasteiger partial charge in [0.1, 0.15) is 7.28 Å². The van der Waals surface area contributed by atoms with Crippen LogP contribution >= 0.6 is 0 Å². The van der Waals surface area contributed by atoms with Crippen LogP contribution in [0.15, 0.2) is 23.8 Å². The molecule has 0 heterocycles. The van der Waals surface area contributed by atoms with Crippen molar-refractivity contribution >= 4 is 7.28 Å². The van der Waals surface area contributed by atoms with Gasteiger partial charge in [-0.25, -0.2) is 0 Å². The molecule has 0 aromatic carbocycles. The molecule has 111 valence electrons. The minimum Gasteiger partial charge on any atom is -0.104 e. The van der Waals surface area contributed by atoms with Gasteiger partial charge in [-0.3, -0.25) is 0 Å². The highest BCUT2D eigenvalue weighted by Crippen LogP contribution is 2.64. The van der Waals surface area contributed by atoms with Crippen LogP contribution in [0.5, 0.6) is 0 Å². The maximum absolute atomic E-state index is 3.91. The molecule has 0 amide bonds. The molecule has 20 heavy (non-hydrogen) atoms. The van der Waals surface area contributed by atoms with Crippen LogP contribution in [0.3, 0.4) is 0 Å². The van der Waals surface area contributed by atoms with E-state index in [0.717, 1.165) is 18.2 Å². The van der Waals surface area contributed by atoms with E-state index >= 15 is 0 Å². The predicted molar refractivity (Wildman–Crippen MR) is 91.3 cm³/mol. The third-order valence-electron chi connectivity index (χ3n) is 6.39. The monoisotopic (exact) mass is 271 g/mol. The summed E-state index contributed by atoms with van der Waals surface area (Å²) in [7, 11) is 2.53. The smallest absolute Gasteiger partial charge is 0.104 e. The topological polar surface area (TPSA) is 0 Å². The summed E-state index contributed by atoms with van der Waals surface area (Å²) >= 11 is 0. The van der Waals surface area contributed by atoms with Gasteiger partial charge in [0.05, 0.1) is 0 Å². The third kappa shape index (κ3) is 2.53. The molecule has 1 heteroatoms. The van der Waals surface area contributed by atoms with Gasteiger partial charge >= 0.3 is 0 Å². The number of rotatable bonds is 7. The van der Waals surface area contributed by atoms with Crippen LogP contribution < -0.4 is 0 Å². The molecule has 3 rings (SSSR count). The van der Waals surface area contributed by atoms with Gasteiger partial charge in [0.25, 0.3) is 0 Å². The third-order valence-corrected chi connectivity index (χ3v) is 6.39. The lowest BCUT2D eigenvalue weighted by atomic mass is 9.39. The van der Waals surface area contributed by atoms with E-state index in [1.807, 2.05) is 6.08 Å². The van der Waals surface area contributed by atoms with Crippen LogP contribution in [-0.4, -0.2) is 7.28 Å². The van der Waals surface area contributed by atoms with E-state index in [-0.39, 0.29) is 0 Å². The molecule has 0 saturated heterocycles. The number of hydrogen-bond acceptors (Lipinski definition) is 0. The van der Waals surface area contributed by atoms with Crippen LogP contribution in [-0.2, 0) is 0 Å². The largest absolute Gasteiger partial charge is 0.128 e. The standard InChI is InChI=1S/C19H32B/c1-7-9-10-19(6,20-11-8-2)17-13-15-12-16(14(17)3)18(15,4)5/h8,15-16H,2,7,9-13H2,1,3-6H3/t15-,16+,19?/m1/s1. The van der Waals surface area contributed by atoms with Crippen molar-refractivity contribution in [3.05, 3.63) is 23.8 Å². The van der Waals surface area contributed by atoms with Gasteiger partial charge in [0.15, 0.2) is 0 Å². The number of hydrogen-bond donors (Lipinski definition) is 0. The van der Waals surface area contributed by atoms with Crippen molar-refractivity contribution in [1.82, 2.24) is 0 Å². The summed E-state index contributed by atoms with van der Waals surface area (Å²) < 4.78 is 0. The zero-order valence-electron chi connectivity index (χ0n) is 14.3. The lowest BCUT2D eigenvalue weighted by molar-refractivity contribution is -0.0127. The molecule has 0 aromatic rings. The summed E-state index contributed by atoms with van der Waals surface area (Å²) in [4.78, 5) is 0. The molecule has 3 aliphatic carbocycles. The molecule has 0 nitrogen and oxygen atoms in total. The molecule has 0 aromatic heterocycles. The van der Waals surface area contributed by atoms with Crippen LogP contribution in [0.25, 0.3) is 0 Å². The first-order valence-corrected chi connectivity index (χ1v) is 8.52. The van der Waals surface area contributed by atoms with Crippen molar-refractivity contribution in [3.63, 3.8) is 0 Å². The molecule has 0 spiro atoms. The maximum Gasteiger partial charge on any atom is 0.128 e. The SMILES string of the molecule is C=CC[B]C(C)(CCCC)C1=C(C)[C@@H]2C[C@H](C1)C2(C)C. The molecule has 2 bridgehead atoms. The second kappa shape index (κ2) is 5.74. The lowest BCUT2D eigenvalue weighted by Crippen LogP contribution is -2.50. The van der Waals surface area contributed by atoms with Crippen LogP contribution in [0.2, 0.25) is 11.6 Å². The van der Waals surface area contributed by atoms with Crippen molar-refractivity contribution in [2.24, 2.45) is 17.3 Å². The van der Waals surface area contributed by atoms with E-state index < -0.39 is 0 Å². The van der Waals surface area contributed by atoms with E-state index in [1.165, 1.54) is 32.1 Å². The Kier molecular flexibility index (Phi) is 4.57. The second-order valence-corrected chi connectivity index (χ2v) is 7.92. The summed E-state index contributed by atoms with van der Waals surface area (Å²) in [5, 5.41) is 0.307. The van der Waals surface area contributed by atoms with Crippen LogP contribution in [0, 0.1) is 17.3 Å². The van der Waals surface area contributed by atoms with Crippen molar-refractivity contribution < 1.29 is 0 Å². The molecule has 0 aliphatic heterocycles. The zero-order chi connectivity index (χ0) is 15.0. The van der Waals surface area contributed by atoms with Gasteiger partial charge in [-0.15, -0.1) is 6.58 Å². The molecular formula is C19H32B. The quantitative estimate of drug-likeness (QED) is 0.391. The van der Waals surface area contributed by atoms with Gasteiger partial charge in [0.2, 0.25) is 0 Å². The summed E-state index contributed by atoms with van der Waals surface area (Å²) in [6, 6.07) is 0. The molecule has 1 fully saturated rings. The fraction of sp³-hybridized carbons (Fsp3) is 0.789. The predicted octanol–water partition coefficient (Wildman–Crippen LogP) is 6.05. The van der Waals surface area contributed by atoms with Gasteiger partial charge in [-0.1, -0.05) is 70.5 Å². The first-order chi connectivity index (χ1) is 9.36. The van der Waals surface area contributed by atoms with Gasteiger partial charge in [-0.05, 0) is 42.3 Å².